The monoisotopic (exact) mass is 348 g/mol. The van der Waals surface area contributed by atoms with E-state index in [9.17, 15) is 57.1 Å². The van der Waals surface area contributed by atoms with Gasteiger partial charge in [0.2, 0.25) is 0 Å². The van der Waals surface area contributed by atoms with Crippen LogP contribution in [0.25, 0.3) is 0 Å². The summed E-state index contributed by atoms with van der Waals surface area (Å²) in [5, 5.41) is 0. The lowest BCUT2D eigenvalue weighted by Crippen LogP contribution is -2.62. The second-order valence-corrected chi connectivity index (χ2v) is 4.12. The second kappa shape index (κ2) is 4.80. The predicted molar refractivity (Wildman–Crippen MR) is 41.1 cm³/mol. The number of hydrogen-bond acceptors (Lipinski definition) is 0. The molecule has 0 bridgehead atoms. The summed E-state index contributed by atoms with van der Waals surface area (Å²) in [6, 6.07) is 0. The van der Waals surface area contributed by atoms with E-state index in [0.29, 0.717) is 0 Å². The van der Waals surface area contributed by atoms with Crippen LogP contribution in [0.15, 0.2) is 0 Å². The molecule has 0 aromatic rings. The molecule has 0 atom stereocenters. The highest BCUT2D eigenvalue weighted by atomic mass is 19.4. The lowest BCUT2D eigenvalue weighted by atomic mass is 9.96. The Kier molecular flexibility index (Phi) is 4.59. The fourth-order valence-corrected chi connectivity index (χ4v) is 0.953. The molecule has 0 aromatic carbocycles. The normalized spacial score (nSPS) is 16.3. The molecule has 0 aliphatic rings. The molecule has 128 valence electrons. The Morgan fingerprint density at radius 2 is 0.857 bits per heavy atom. The fourth-order valence-electron chi connectivity index (χ4n) is 0.953. The minimum atomic E-state index is -7.40. The Morgan fingerprint density at radius 1 is 0.524 bits per heavy atom. The van der Waals surface area contributed by atoms with Crippen molar-refractivity contribution in [2.24, 2.45) is 0 Å². The van der Waals surface area contributed by atoms with E-state index < -0.39 is 49.1 Å². The van der Waals surface area contributed by atoms with Gasteiger partial charge in [-0.15, -0.1) is 0 Å². The molecule has 0 spiro atoms. The summed E-state index contributed by atoms with van der Waals surface area (Å²) in [5.41, 5.74) is 0. The van der Waals surface area contributed by atoms with Crippen LogP contribution in [-0.4, -0.2) is 35.8 Å². The average Bonchev–Trinajstić information content (AvgIpc) is 2.11. The predicted octanol–water partition coefficient (Wildman–Crippen LogP) is 5.14. The van der Waals surface area contributed by atoms with Crippen molar-refractivity contribution in [3.63, 3.8) is 0 Å². The zero-order chi connectivity index (χ0) is 17.7. The molecule has 0 fully saturated rings. The van der Waals surface area contributed by atoms with Gasteiger partial charge in [-0.25, -0.2) is 8.78 Å². The van der Waals surface area contributed by atoms with Gasteiger partial charge in [-0.05, 0) is 0 Å². The number of hydrogen-bond donors (Lipinski definition) is 0. The number of rotatable bonds is 5. The van der Waals surface area contributed by atoms with Crippen LogP contribution in [0.5, 0.6) is 0 Å². The highest BCUT2D eigenvalue weighted by molar-refractivity contribution is 5.03. The van der Waals surface area contributed by atoms with Gasteiger partial charge in [-0.2, -0.15) is 48.3 Å². The third-order valence-electron chi connectivity index (χ3n) is 2.30. The van der Waals surface area contributed by atoms with Crippen LogP contribution in [0.1, 0.15) is 13.3 Å². The van der Waals surface area contributed by atoms with Crippen molar-refractivity contribution >= 4 is 0 Å². The summed E-state index contributed by atoms with van der Waals surface area (Å²) in [6.07, 6.45) is -11.1. The average molecular weight is 348 g/mol. The smallest absolute Gasteiger partial charge is 0.200 e. The van der Waals surface area contributed by atoms with Crippen LogP contribution in [0.2, 0.25) is 0 Å². The molecule has 0 nitrogen and oxygen atoms in total. The minimum Gasteiger partial charge on any atom is -0.200 e. The molecule has 0 rings (SSSR count). The quantitative estimate of drug-likeness (QED) is 0.604. The van der Waals surface area contributed by atoms with Gasteiger partial charge in [-0.3, -0.25) is 0 Å². The van der Waals surface area contributed by atoms with Crippen LogP contribution in [-0.2, 0) is 0 Å². The van der Waals surface area contributed by atoms with Crippen LogP contribution in [0, 0.1) is 0 Å². The maximum atomic E-state index is 12.7. The standard InChI is InChI=1S/C8H5F13/c1-3(9,10)4(11,12)2-5(13,14)6(15,16)7(17,18)8(19,20)21/h2H2,1H3. The van der Waals surface area contributed by atoms with E-state index in [0.717, 1.165) is 0 Å². The molecular weight excluding hydrogens is 343 g/mol. The van der Waals surface area contributed by atoms with Gasteiger partial charge >= 0.3 is 35.8 Å². The minimum absolute atomic E-state index is 0.691. The summed E-state index contributed by atoms with van der Waals surface area (Å²) in [6.45, 7) is -0.691. The molecule has 0 saturated carbocycles. The van der Waals surface area contributed by atoms with Crippen molar-refractivity contribution in [2.75, 3.05) is 0 Å². The number of alkyl halides is 13. The molecule has 0 N–H and O–H groups in total. The van der Waals surface area contributed by atoms with Gasteiger partial charge in [0, 0.05) is 6.92 Å². The van der Waals surface area contributed by atoms with Gasteiger partial charge in [0.25, 0.3) is 0 Å². The first-order chi connectivity index (χ1) is 8.71. The molecule has 13 heteroatoms. The fraction of sp³-hybridized carbons (Fsp3) is 1.00. The summed E-state index contributed by atoms with van der Waals surface area (Å²) < 4.78 is 160. The topological polar surface area (TPSA) is 0 Å². The van der Waals surface area contributed by atoms with Crippen molar-refractivity contribution in [2.45, 2.75) is 49.1 Å². The SMILES string of the molecule is CC(F)(F)C(F)(F)CC(F)(F)C(F)(F)C(F)(F)C(F)(F)F. The third kappa shape index (κ3) is 3.30. The summed E-state index contributed by atoms with van der Waals surface area (Å²) >= 11 is 0. The summed E-state index contributed by atoms with van der Waals surface area (Å²) in [5.74, 6) is -32.8. The van der Waals surface area contributed by atoms with E-state index in [1.165, 1.54) is 0 Å². The van der Waals surface area contributed by atoms with Crippen molar-refractivity contribution in [1.29, 1.82) is 0 Å². The lowest BCUT2D eigenvalue weighted by molar-refractivity contribution is -0.404. The molecule has 0 radical (unpaired) electrons. The van der Waals surface area contributed by atoms with E-state index >= 15 is 0 Å². The molecule has 0 saturated heterocycles. The Bertz CT molecular complexity index is 371. The zero-order valence-corrected chi connectivity index (χ0v) is 9.62. The van der Waals surface area contributed by atoms with E-state index in [2.05, 4.69) is 0 Å². The molecular formula is C8H5F13. The Hall–Kier alpha value is -0.910. The molecule has 0 aliphatic heterocycles. The maximum absolute atomic E-state index is 12.7. The summed E-state index contributed by atoms with van der Waals surface area (Å²) in [4.78, 5) is 0. The highest BCUT2D eigenvalue weighted by Crippen LogP contribution is 2.56. The zero-order valence-electron chi connectivity index (χ0n) is 9.62. The Labute approximate surface area is 107 Å². The first kappa shape index (κ1) is 20.1. The molecule has 21 heavy (non-hydrogen) atoms. The van der Waals surface area contributed by atoms with Crippen molar-refractivity contribution in [3.05, 3.63) is 0 Å². The van der Waals surface area contributed by atoms with E-state index in [-0.39, 0.29) is 0 Å². The lowest BCUT2D eigenvalue weighted by Gasteiger charge is -2.36. The van der Waals surface area contributed by atoms with Crippen LogP contribution in [0.3, 0.4) is 0 Å². The Morgan fingerprint density at radius 3 is 1.10 bits per heavy atom. The first-order valence-electron chi connectivity index (χ1n) is 4.66. The molecule has 0 aliphatic carbocycles. The molecule has 0 unspecified atom stereocenters. The van der Waals surface area contributed by atoms with Gasteiger partial charge < -0.3 is 0 Å². The number of halogens is 13. The van der Waals surface area contributed by atoms with E-state index in [1.807, 2.05) is 0 Å². The van der Waals surface area contributed by atoms with Gasteiger partial charge in [-0.1, -0.05) is 0 Å². The van der Waals surface area contributed by atoms with Crippen LogP contribution < -0.4 is 0 Å². The van der Waals surface area contributed by atoms with Crippen LogP contribution in [0.4, 0.5) is 57.1 Å². The van der Waals surface area contributed by atoms with Gasteiger partial charge in [0.15, 0.2) is 0 Å². The second-order valence-electron chi connectivity index (χ2n) is 4.12. The first-order valence-corrected chi connectivity index (χ1v) is 4.66. The third-order valence-corrected chi connectivity index (χ3v) is 2.30. The highest BCUT2D eigenvalue weighted by Gasteiger charge is 2.83. The van der Waals surface area contributed by atoms with Gasteiger partial charge in [0.05, 0.1) is 6.42 Å². The van der Waals surface area contributed by atoms with Crippen molar-refractivity contribution in [3.8, 4) is 0 Å². The van der Waals surface area contributed by atoms with Crippen molar-refractivity contribution in [1.82, 2.24) is 0 Å². The maximum Gasteiger partial charge on any atom is 0.460 e. The molecule has 0 amide bonds. The largest absolute Gasteiger partial charge is 0.460 e. The molecule has 0 heterocycles. The Balaban J connectivity index is 5.71. The molecule has 0 aromatic heterocycles. The van der Waals surface area contributed by atoms with Crippen molar-refractivity contribution < 1.29 is 57.1 Å². The van der Waals surface area contributed by atoms with E-state index in [1.54, 1.807) is 0 Å². The van der Waals surface area contributed by atoms with E-state index in [4.69, 9.17) is 0 Å². The van der Waals surface area contributed by atoms with Crippen LogP contribution >= 0.6 is 0 Å². The summed E-state index contributed by atoms with van der Waals surface area (Å²) in [7, 11) is 0. The van der Waals surface area contributed by atoms with Gasteiger partial charge in [0.1, 0.15) is 0 Å².